The van der Waals surface area contributed by atoms with E-state index >= 15 is 0 Å². The second-order valence-electron chi connectivity index (χ2n) is 3.48. The van der Waals surface area contributed by atoms with Gasteiger partial charge in [0, 0.05) is 11.8 Å². The fourth-order valence-corrected chi connectivity index (χ4v) is 1.70. The van der Waals surface area contributed by atoms with Crippen molar-refractivity contribution < 1.29 is 4.42 Å². The molecule has 3 aromatic heterocycles. The second-order valence-corrected chi connectivity index (χ2v) is 3.48. The number of imidazole rings is 1. The van der Waals surface area contributed by atoms with Crippen molar-refractivity contribution in [1.82, 2.24) is 9.38 Å². The lowest BCUT2D eigenvalue weighted by Gasteiger charge is -1.90. The van der Waals surface area contributed by atoms with Gasteiger partial charge in [-0.2, -0.15) is 0 Å². The van der Waals surface area contributed by atoms with Crippen molar-refractivity contribution in [3.63, 3.8) is 0 Å². The minimum Gasteiger partial charge on any atom is -0.442 e. The van der Waals surface area contributed by atoms with E-state index in [-0.39, 0.29) is 0 Å². The van der Waals surface area contributed by atoms with Crippen LogP contribution < -0.4 is 0 Å². The van der Waals surface area contributed by atoms with Crippen LogP contribution in [-0.2, 0) is 0 Å². The molecule has 0 aliphatic rings. The van der Waals surface area contributed by atoms with Crippen molar-refractivity contribution in [2.75, 3.05) is 0 Å². The number of aromatic nitrogens is 2. The van der Waals surface area contributed by atoms with Gasteiger partial charge in [0.2, 0.25) is 5.71 Å². The molecule has 3 rings (SSSR count). The van der Waals surface area contributed by atoms with Gasteiger partial charge in [0.25, 0.3) is 0 Å². The number of fused-ring (bicyclic) bond motifs is 3. The first-order valence-corrected chi connectivity index (χ1v) is 4.60. The number of nitrogens with zero attached hydrogens (tertiary/aromatic N) is 2. The molecule has 14 heavy (non-hydrogen) atoms. The third-order valence-corrected chi connectivity index (χ3v) is 2.62. The summed E-state index contributed by atoms with van der Waals surface area (Å²) >= 11 is 0. The third-order valence-electron chi connectivity index (χ3n) is 2.62. The standard InChI is InChI=1S/C11H10N2O/c1-7-8(2)14-11-10(7)12-9-5-3-4-6-13(9)11/h3-6H,1-2H3. The van der Waals surface area contributed by atoms with Crippen molar-refractivity contribution in [3.8, 4) is 0 Å². The van der Waals surface area contributed by atoms with Crippen LogP contribution in [0.5, 0.6) is 0 Å². The second kappa shape index (κ2) is 2.38. The highest BCUT2D eigenvalue weighted by atomic mass is 16.3. The molecule has 0 atom stereocenters. The summed E-state index contributed by atoms with van der Waals surface area (Å²) in [6.45, 7) is 4.00. The number of hydrogen-bond donors (Lipinski definition) is 0. The lowest BCUT2D eigenvalue weighted by atomic mass is 10.3. The molecule has 0 bridgehead atoms. The molecule has 0 fully saturated rings. The van der Waals surface area contributed by atoms with Crippen LogP contribution in [0.15, 0.2) is 28.8 Å². The van der Waals surface area contributed by atoms with Gasteiger partial charge in [-0.05, 0) is 26.0 Å². The highest BCUT2D eigenvalue weighted by Crippen LogP contribution is 2.24. The Morgan fingerprint density at radius 2 is 2.14 bits per heavy atom. The molecule has 0 aliphatic carbocycles. The highest BCUT2D eigenvalue weighted by molar-refractivity contribution is 5.79. The summed E-state index contributed by atoms with van der Waals surface area (Å²) in [5.74, 6) is 0.945. The molecular formula is C11H10N2O. The summed E-state index contributed by atoms with van der Waals surface area (Å²) in [5.41, 5.74) is 3.87. The van der Waals surface area contributed by atoms with E-state index in [2.05, 4.69) is 4.98 Å². The summed E-state index contributed by atoms with van der Waals surface area (Å²) in [6.07, 6.45) is 1.97. The fraction of sp³-hybridized carbons (Fsp3) is 0.182. The van der Waals surface area contributed by atoms with E-state index < -0.39 is 0 Å². The van der Waals surface area contributed by atoms with Crippen LogP contribution >= 0.6 is 0 Å². The van der Waals surface area contributed by atoms with Crippen molar-refractivity contribution in [2.24, 2.45) is 0 Å². The zero-order valence-electron chi connectivity index (χ0n) is 8.11. The van der Waals surface area contributed by atoms with E-state index in [0.29, 0.717) is 0 Å². The van der Waals surface area contributed by atoms with Gasteiger partial charge in [-0.15, -0.1) is 0 Å². The molecule has 3 heterocycles. The molecule has 0 spiro atoms. The predicted octanol–water partition coefficient (Wildman–Crippen LogP) is 2.70. The molecule has 3 nitrogen and oxygen atoms in total. The van der Waals surface area contributed by atoms with E-state index in [1.165, 1.54) is 0 Å². The number of aryl methyl sites for hydroxylation is 2. The molecule has 0 aromatic carbocycles. The zero-order valence-corrected chi connectivity index (χ0v) is 8.11. The summed E-state index contributed by atoms with van der Waals surface area (Å²) < 4.78 is 7.62. The van der Waals surface area contributed by atoms with Crippen molar-refractivity contribution >= 4 is 16.9 Å². The topological polar surface area (TPSA) is 30.4 Å². The van der Waals surface area contributed by atoms with Crippen molar-refractivity contribution in [2.45, 2.75) is 13.8 Å². The molecule has 0 aliphatic heterocycles. The first-order chi connectivity index (χ1) is 6.77. The van der Waals surface area contributed by atoms with Gasteiger partial charge in [0.1, 0.15) is 16.9 Å². The minimum atomic E-state index is 0.843. The summed E-state index contributed by atoms with van der Waals surface area (Å²) in [6, 6.07) is 5.93. The quantitative estimate of drug-likeness (QED) is 0.540. The molecule has 0 saturated carbocycles. The van der Waals surface area contributed by atoms with Gasteiger partial charge in [0.05, 0.1) is 0 Å². The molecule has 0 N–H and O–H groups in total. The third kappa shape index (κ3) is 0.789. The average Bonchev–Trinajstić information content (AvgIpc) is 2.67. The smallest absolute Gasteiger partial charge is 0.231 e. The Morgan fingerprint density at radius 3 is 3.00 bits per heavy atom. The van der Waals surface area contributed by atoms with Gasteiger partial charge < -0.3 is 4.42 Å². The van der Waals surface area contributed by atoms with Crippen LogP contribution in [0.1, 0.15) is 11.3 Å². The molecule has 0 amide bonds. The normalized spacial score (nSPS) is 11.6. The Hall–Kier alpha value is -1.77. The van der Waals surface area contributed by atoms with Crippen LogP contribution in [0.2, 0.25) is 0 Å². The lowest BCUT2D eigenvalue weighted by Crippen LogP contribution is -1.80. The van der Waals surface area contributed by atoms with E-state index in [1.807, 2.05) is 42.6 Å². The molecule has 3 heteroatoms. The van der Waals surface area contributed by atoms with E-state index in [1.54, 1.807) is 0 Å². The number of furan rings is 1. The first kappa shape index (κ1) is 7.62. The van der Waals surface area contributed by atoms with Crippen molar-refractivity contribution in [3.05, 3.63) is 35.7 Å². The largest absolute Gasteiger partial charge is 0.442 e. The summed E-state index contributed by atoms with van der Waals surface area (Å²) in [4.78, 5) is 4.50. The van der Waals surface area contributed by atoms with Crippen LogP contribution in [0, 0.1) is 13.8 Å². The minimum absolute atomic E-state index is 0.843. The van der Waals surface area contributed by atoms with Gasteiger partial charge in [-0.1, -0.05) is 6.07 Å². The van der Waals surface area contributed by atoms with Crippen molar-refractivity contribution in [1.29, 1.82) is 0 Å². The SMILES string of the molecule is Cc1oc2c(nc3ccccn32)c1C. The van der Waals surface area contributed by atoms with E-state index in [4.69, 9.17) is 4.42 Å². The summed E-state index contributed by atoms with van der Waals surface area (Å²) in [7, 11) is 0. The molecule has 0 saturated heterocycles. The van der Waals surface area contributed by atoms with Crippen LogP contribution in [0.4, 0.5) is 0 Å². The highest BCUT2D eigenvalue weighted by Gasteiger charge is 2.12. The fourth-order valence-electron chi connectivity index (χ4n) is 1.70. The van der Waals surface area contributed by atoms with Gasteiger partial charge in [0.15, 0.2) is 0 Å². The Bertz CT molecular complexity index is 619. The van der Waals surface area contributed by atoms with Crippen LogP contribution in [0.25, 0.3) is 16.9 Å². The average molecular weight is 186 g/mol. The maximum atomic E-state index is 5.65. The number of pyridine rings is 1. The van der Waals surface area contributed by atoms with Crippen LogP contribution in [0.3, 0.4) is 0 Å². The molecule has 70 valence electrons. The number of rotatable bonds is 0. The Morgan fingerprint density at radius 1 is 1.29 bits per heavy atom. The molecule has 0 radical (unpaired) electrons. The molecule has 0 unspecified atom stereocenters. The Balaban J connectivity index is 2.60. The zero-order chi connectivity index (χ0) is 9.71. The van der Waals surface area contributed by atoms with Gasteiger partial charge >= 0.3 is 0 Å². The van der Waals surface area contributed by atoms with E-state index in [0.717, 1.165) is 28.2 Å². The maximum absolute atomic E-state index is 5.65. The lowest BCUT2D eigenvalue weighted by molar-refractivity contribution is 0.560. The van der Waals surface area contributed by atoms with Gasteiger partial charge in [-0.25, -0.2) is 4.98 Å². The maximum Gasteiger partial charge on any atom is 0.231 e. The van der Waals surface area contributed by atoms with Gasteiger partial charge in [-0.3, -0.25) is 4.40 Å². The molecule has 3 aromatic rings. The Labute approximate surface area is 81.0 Å². The monoisotopic (exact) mass is 186 g/mol. The molecular weight excluding hydrogens is 176 g/mol. The summed E-state index contributed by atoms with van der Waals surface area (Å²) in [5, 5.41) is 0. The first-order valence-electron chi connectivity index (χ1n) is 4.60. The number of hydrogen-bond acceptors (Lipinski definition) is 2. The predicted molar refractivity (Wildman–Crippen MR) is 54.4 cm³/mol. The Kier molecular flexibility index (Phi) is 1.29. The van der Waals surface area contributed by atoms with E-state index in [9.17, 15) is 0 Å². The van der Waals surface area contributed by atoms with Crippen LogP contribution in [-0.4, -0.2) is 9.38 Å².